The SMILES string of the molecule is O=CC(=O)NCc1c[nH]c2ccccc12. The normalized spacial score (nSPS) is 10.1. The summed E-state index contributed by atoms with van der Waals surface area (Å²) in [6, 6.07) is 7.79. The van der Waals surface area contributed by atoms with Crippen molar-refractivity contribution in [2.75, 3.05) is 0 Å². The number of carbonyl (C=O) groups is 2. The van der Waals surface area contributed by atoms with Gasteiger partial charge in [-0.05, 0) is 11.6 Å². The summed E-state index contributed by atoms with van der Waals surface area (Å²) in [6.45, 7) is 0.363. The third kappa shape index (κ3) is 1.88. The number of hydrogen-bond donors (Lipinski definition) is 2. The highest BCUT2D eigenvalue weighted by Crippen LogP contribution is 2.16. The number of benzene rings is 1. The van der Waals surface area contributed by atoms with E-state index in [1.807, 2.05) is 30.5 Å². The Labute approximate surface area is 86.3 Å². The fourth-order valence-corrected chi connectivity index (χ4v) is 1.50. The van der Waals surface area contributed by atoms with Gasteiger partial charge in [0.1, 0.15) is 0 Å². The minimum absolute atomic E-state index is 0.273. The third-order valence-electron chi connectivity index (χ3n) is 2.24. The van der Waals surface area contributed by atoms with Gasteiger partial charge in [0.25, 0.3) is 5.91 Å². The van der Waals surface area contributed by atoms with Crippen LogP contribution in [0.3, 0.4) is 0 Å². The summed E-state index contributed by atoms with van der Waals surface area (Å²) >= 11 is 0. The van der Waals surface area contributed by atoms with Crippen LogP contribution in [0.5, 0.6) is 0 Å². The molecule has 0 aliphatic carbocycles. The zero-order valence-electron chi connectivity index (χ0n) is 7.99. The van der Waals surface area contributed by atoms with E-state index in [2.05, 4.69) is 10.3 Å². The molecule has 0 saturated carbocycles. The van der Waals surface area contributed by atoms with Crippen LogP contribution in [-0.4, -0.2) is 17.2 Å². The molecule has 0 bridgehead atoms. The summed E-state index contributed by atoms with van der Waals surface area (Å²) < 4.78 is 0. The summed E-state index contributed by atoms with van der Waals surface area (Å²) in [7, 11) is 0. The summed E-state index contributed by atoms with van der Waals surface area (Å²) in [5.41, 5.74) is 1.99. The highest BCUT2D eigenvalue weighted by molar-refractivity contribution is 6.23. The number of aromatic nitrogens is 1. The predicted octanol–water partition coefficient (Wildman–Crippen LogP) is 0.983. The van der Waals surface area contributed by atoms with Crippen molar-refractivity contribution in [2.24, 2.45) is 0 Å². The van der Waals surface area contributed by atoms with E-state index < -0.39 is 5.91 Å². The molecule has 0 saturated heterocycles. The van der Waals surface area contributed by atoms with Gasteiger partial charge >= 0.3 is 0 Å². The van der Waals surface area contributed by atoms with Crippen molar-refractivity contribution < 1.29 is 9.59 Å². The second kappa shape index (κ2) is 3.96. The van der Waals surface area contributed by atoms with Crippen LogP contribution in [-0.2, 0) is 16.1 Å². The molecule has 4 nitrogen and oxygen atoms in total. The quantitative estimate of drug-likeness (QED) is 0.575. The average Bonchev–Trinajstić information content (AvgIpc) is 2.69. The Kier molecular flexibility index (Phi) is 2.49. The van der Waals surface area contributed by atoms with E-state index in [0.717, 1.165) is 16.5 Å². The number of carbonyl (C=O) groups excluding carboxylic acids is 2. The first kappa shape index (κ1) is 9.45. The van der Waals surface area contributed by atoms with Gasteiger partial charge in [0.15, 0.2) is 0 Å². The number of hydrogen-bond acceptors (Lipinski definition) is 2. The molecule has 2 N–H and O–H groups in total. The average molecular weight is 202 g/mol. The van der Waals surface area contributed by atoms with Gasteiger partial charge in [-0.25, -0.2) is 0 Å². The van der Waals surface area contributed by atoms with E-state index in [-0.39, 0.29) is 6.29 Å². The fourth-order valence-electron chi connectivity index (χ4n) is 1.50. The van der Waals surface area contributed by atoms with E-state index in [9.17, 15) is 9.59 Å². The second-order valence-electron chi connectivity index (χ2n) is 3.20. The molecule has 2 aromatic rings. The summed E-state index contributed by atoms with van der Waals surface area (Å²) in [5.74, 6) is -0.597. The lowest BCUT2D eigenvalue weighted by molar-refractivity contribution is -0.131. The third-order valence-corrected chi connectivity index (χ3v) is 2.24. The first-order valence-corrected chi connectivity index (χ1v) is 4.59. The monoisotopic (exact) mass is 202 g/mol. The summed E-state index contributed by atoms with van der Waals surface area (Å²) in [5, 5.41) is 3.56. The molecule has 15 heavy (non-hydrogen) atoms. The smallest absolute Gasteiger partial charge is 0.284 e. The first-order chi connectivity index (χ1) is 7.31. The lowest BCUT2D eigenvalue weighted by Gasteiger charge is -1.98. The number of para-hydroxylation sites is 1. The number of fused-ring (bicyclic) bond motifs is 1. The maximum Gasteiger partial charge on any atom is 0.284 e. The summed E-state index contributed by atoms with van der Waals surface area (Å²) in [6.07, 6.45) is 2.10. The van der Waals surface area contributed by atoms with Gasteiger partial charge < -0.3 is 10.3 Å². The van der Waals surface area contributed by atoms with E-state index in [1.54, 1.807) is 0 Å². The Balaban J connectivity index is 2.21. The Morgan fingerprint density at radius 1 is 1.40 bits per heavy atom. The van der Waals surface area contributed by atoms with Gasteiger partial charge in [-0.1, -0.05) is 18.2 Å². The second-order valence-corrected chi connectivity index (χ2v) is 3.20. The Morgan fingerprint density at radius 3 is 3.00 bits per heavy atom. The zero-order valence-corrected chi connectivity index (χ0v) is 7.99. The minimum Gasteiger partial charge on any atom is -0.361 e. The molecule has 0 unspecified atom stereocenters. The number of H-pyrrole nitrogens is 1. The van der Waals surface area contributed by atoms with Gasteiger partial charge in [0, 0.05) is 23.6 Å². The van der Waals surface area contributed by atoms with Gasteiger partial charge in [0.2, 0.25) is 6.29 Å². The largest absolute Gasteiger partial charge is 0.361 e. The number of aldehydes is 1. The highest BCUT2D eigenvalue weighted by Gasteiger charge is 2.03. The van der Waals surface area contributed by atoms with Crippen molar-refractivity contribution in [3.63, 3.8) is 0 Å². The molecule has 0 atom stereocenters. The first-order valence-electron chi connectivity index (χ1n) is 4.59. The number of amides is 1. The van der Waals surface area contributed by atoms with Gasteiger partial charge in [-0.15, -0.1) is 0 Å². The van der Waals surface area contributed by atoms with Crippen molar-refractivity contribution in [1.29, 1.82) is 0 Å². The lowest BCUT2D eigenvalue weighted by Crippen LogP contribution is -2.23. The molecule has 0 aliphatic heterocycles. The molecule has 0 aliphatic rings. The van der Waals surface area contributed by atoms with Crippen LogP contribution in [0.15, 0.2) is 30.5 Å². The van der Waals surface area contributed by atoms with Crippen LogP contribution in [0.2, 0.25) is 0 Å². The molecular formula is C11H10N2O2. The minimum atomic E-state index is -0.597. The van der Waals surface area contributed by atoms with Gasteiger partial charge in [-0.2, -0.15) is 0 Å². The Morgan fingerprint density at radius 2 is 2.20 bits per heavy atom. The Hall–Kier alpha value is -2.10. The number of aromatic amines is 1. The van der Waals surface area contributed by atoms with E-state index >= 15 is 0 Å². The summed E-state index contributed by atoms with van der Waals surface area (Å²) in [4.78, 5) is 24.0. The molecule has 1 heterocycles. The molecule has 76 valence electrons. The molecule has 4 heteroatoms. The van der Waals surface area contributed by atoms with E-state index in [1.165, 1.54) is 0 Å². The van der Waals surface area contributed by atoms with E-state index in [4.69, 9.17) is 0 Å². The van der Waals surface area contributed by atoms with Crippen LogP contribution in [0.1, 0.15) is 5.56 Å². The predicted molar refractivity (Wildman–Crippen MR) is 56.2 cm³/mol. The van der Waals surface area contributed by atoms with Crippen LogP contribution in [0.4, 0.5) is 0 Å². The maximum absolute atomic E-state index is 10.8. The van der Waals surface area contributed by atoms with Crippen molar-refractivity contribution in [2.45, 2.75) is 6.54 Å². The molecular weight excluding hydrogens is 192 g/mol. The van der Waals surface area contributed by atoms with Crippen LogP contribution >= 0.6 is 0 Å². The van der Waals surface area contributed by atoms with Gasteiger partial charge in [0.05, 0.1) is 0 Å². The lowest BCUT2D eigenvalue weighted by atomic mass is 10.2. The zero-order chi connectivity index (χ0) is 10.7. The molecule has 0 fully saturated rings. The topological polar surface area (TPSA) is 62.0 Å². The van der Waals surface area contributed by atoms with Crippen LogP contribution < -0.4 is 5.32 Å². The number of rotatable bonds is 3. The Bertz CT molecular complexity index is 502. The molecule has 1 aromatic heterocycles. The molecule has 0 radical (unpaired) electrons. The molecule has 1 amide bonds. The molecule has 1 aromatic carbocycles. The maximum atomic E-state index is 10.8. The van der Waals surface area contributed by atoms with Crippen molar-refractivity contribution in [3.05, 3.63) is 36.0 Å². The van der Waals surface area contributed by atoms with Gasteiger partial charge in [-0.3, -0.25) is 9.59 Å². The highest BCUT2D eigenvalue weighted by atomic mass is 16.2. The van der Waals surface area contributed by atoms with Crippen LogP contribution in [0, 0.1) is 0 Å². The standard InChI is InChI=1S/C11H10N2O2/c14-7-11(15)13-6-8-5-12-10-4-2-1-3-9(8)10/h1-5,7,12H,6H2,(H,13,15). The molecule has 2 rings (SSSR count). The fraction of sp³-hybridized carbons (Fsp3) is 0.0909. The number of nitrogens with one attached hydrogen (secondary N) is 2. The van der Waals surface area contributed by atoms with Crippen molar-refractivity contribution >= 4 is 23.1 Å². The van der Waals surface area contributed by atoms with Crippen molar-refractivity contribution in [3.8, 4) is 0 Å². The van der Waals surface area contributed by atoms with E-state index in [0.29, 0.717) is 6.54 Å². The van der Waals surface area contributed by atoms with Crippen molar-refractivity contribution in [1.82, 2.24) is 10.3 Å². The molecule has 0 spiro atoms. The van der Waals surface area contributed by atoms with Crippen LogP contribution in [0.25, 0.3) is 10.9 Å².